The van der Waals surface area contributed by atoms with E-state index in [1.54, 1.807) is 7.11 Å². The van der Waals surface area contributed by atoms with Crippen LogP contribution in [0.15, 0.2) is 24.3 Å². The Balaban J connectivity index is 1.31. The molecule has 7 heteroatoms. The van der Waals surface area contributed by atoms with Crippen molar-refractivity contribution in [2.75, 3.05) is 66.0 Å². The number of rotatable bonds is 8. The summed E-state index contributed by atoms with van der Waals surface area (Å²) in [5.41, 5.74) is 1.15. The number of hydrogen-bond acceptors (Lipinski definition) is 5. The fraction of sp³-hybridized carbons (Fsp3) is 0.652. The van der Waals surface area contributed by atoms with E-state index >= 15 is 0 Å². The molecular formula is C23H36N4O3. The number of methoxy groups -OCH3 is 1. The second kappa shape index (κ2) is 11.9. The number of hydrogen-bond donors (Lipinski definition) is 1. The first kappa shape index (κ1) is 22.6. The number of carbonyl (C=O) groups is 2. The molecule has 2 amide bonds. The van der Waals surface area contributed by atoms with Gasteiger partial charge in [-0.15, -0.1) is 0 Å². The summed E-state index contributed by atoms with van der Waals surface area (Å²) in [5, 5.41) is 3.01. The van der Waals surface area contributed by atoms with Crippen molar-refractivity contribution in [3.05, 3.63) is 29.8 Å². The van der Waals surface area contributed by atoms with Crippen LogP contribution >= 0.6 is 0 Å². The minimum atomic E-state index is 0.0620. The van der Waals surface area contributed by atoms with E-state index in [0.717, 1.165) is 69.8 Å². The first-order valence-corrected chi connectivity index (χ1v) is 11.3. The van der Waals surface area contributed by atoms with Gasteiger partial charge in [0.2, 0.25) is 11.8 Å². The number of nitrogens with one attached hydrogen (secondary N) is 1. The van der Waals surface area contributed by atoms with Crippen molar-refractivity contribution >= 4 is 11.8 Å². The van der Waals surface area contributed by atoms with Crippen LogP contribution in [0.3, 0.4) is 0 Å². The number of piperazine rings is 1. The van der Waals surface area contributed by atoms with Crippen molar-refractivity contribution in [1.29, 1.82) is 0 Å². The highest BCUT2D eigenvalue weighted by atomic mass is 16.5. The van der Waals surface area contributed by atoms with E-state index < -0.39 is 0 Å². The molecule has 7 nitrogen and oxygen atoms in total. The summed E-state index contributed by atoms with van der Waals surface area (Å²) in [4.78, 5) is 31.3. The molecule has 0 unspecified atom stereocenters. The zero-order chi connectivity index (χ0) is 21.2. The molecule has 2 aliphatic heterocycles. The predicted octanol–water partition coefficient (Wildman–Crippen LogP) is 1.37. The van der Waals surface area contributed by atoms with Gasteiger partial charge >= 0.3 is 0 Å². The van der Waals surface area contributed by atoms with Crippen LogP contribution < -0.4 is 10.1 Å². The Morgan fingerprint density at radius 1 is 0.933 bits per heavy atom. The molecule has 2 saturated heterocycles. The molecule has 2 aliphatic rings. The minimum absolute atomic E-state index is 0.0620. The number of ether oxygens (including phenoxy) is 1. The first-order valence-electron chi connectivity index (χ1n) is 11.3. The lowest BCUT2D eigenvalue weighted by Gasteiger charge is -2.35. The van der Waals surface area contributed by atoms with Crippen molar-refractivity contribution < 1.29 is 14.3 Å². The molecule has 2 fully saturated rings. The van der Waals surface area contributed by atoms with Gasteiger partial charge in [0.1, 0.15) is 5.75 Å². The van der Waals surface area contributed by atoms with E-state index in [9.17, 15) is 9.59 Å². The third kappa shape index (κ3) is 7.29. The summed E-state index contributed by atoms with van der Waals surface area (Å²) >= 11 is 0. The molecule has 166 valence electrons. The Labute approximate surface area is 180 Å². The lowest BCUT2D eigenvalue weighted by molar-refractivity contribution is -0.133. The van der Waals surface area contributed by atoms with Crippen LogP contribution in [-0.4, -0.2) is 92.5 Å². The summed E-state index contributed by atoms with van der Waals surface area (Å²) in [7, 11) is 1.66. The summed E-state index contributed by atoms with van der Waals surface area (Å²) in [6, 6.07) is 7.93. The monoisotopic (exact) mass is 416 g/mol. The molecular weight excluding hydrogens is 380 g/mol. The normalized spacial score (nSPS) is 18.6. The number of benzene rings is 1. The van der Waals surface area contributed by atoms with Crippen LogP contribution in [0.4, 0.5) is 0 Å². The number of amides is 2. The summed E-state index contributed by atoms with van der Waals surface area (Å²) < 4.78 is 5.23. The Morgan fingerprint density at radius 2 is 1.60 bits per heavy atom. The van der Waals surface area contributed by atoms with E-state index in [-0.39, 0.29) is 11.8 Å². The van der Waals surface area contributed by atoms with Crippen LogP contribution in [-0.2, 0) is 16.0 Å². The third-order valence-electron chi connectivity index (χ3n) is 6.02. The molecule has 0 spiro atoms. The van der Waals surface area contributed by atoms with Gasteiger partial charge in [0.05, 0.1) is 20.2 Å². The van der Waals surface area contributed by atoms with Crippen LogP contribution in [0.25, 0.3) is 0 Å². The molecule has 0 aliphatic carbocycles. The predicted molar refractivity (Wildman–Crippen MR) is 118 cm³/mol. The van der Waals surface area contributed by atoms with Gasteiger partial charge in [-0.05, 0) is 37.0 Å². The van der Waals surface area contributed by atoms with E-state index in [1.807, 2.05) is 29.2 Å². The van der Waals surface area contributed by atoms with Crippen LogP contribution in [0.2, 0.25) is 0 Å². The highest BCUT2D eigenvalue weighted by molar-refractivity contribution is 5.78. The van der Waals surface area contributed by atoms with Gasteiger partial charge in [-0.1, -0.05) is 25.0 Å². The molecule has 0 saturated carbocycles. The second-order valence-corrected chi connectivity index (χ2v) is 8.30. The summed E-state index contributed by atoms with van der Waals surface area (Å²) in [6.45, 7) is 6.73. The number of carbonyl (C=O) groups excluding carboxylic acids is 2. The Morgan fingerprint density at radius 3 is 2.27 bits per heavy atom. The molecule has 0 bridgehead atoms. The second-order valence-electron chi connectivity index (χ2n) is 8.30. The lowest BCUT2D eigenvalue weighted by atomic mass is 10.1. The summed E-state index contributed by atoms with van der Waals surface area (Å²) in [5.74, 6) is 1.17. The van der Waals surface area contributed by atoms with E-state index in [2.05, 4.69) is 15.1 Å². The highest BCUT2D eigenvalue weighted by Gasteiger charge is 2.23. The van der Waals surface area contributed by atoms with Gasteiger partial charge in [0.15, 0.2) is 0 Å². The number of likely N-dealkylation sites (tertiary alicyclic amines) is 1. The van der Waals surface area contributed by atoms with E-state index in [4.69, 9.17) is 4.74 Å². The van der Waals surface area contributed by atoms with Crippen LogP contribution in [0.1, 0.15) is 31.2 Å². The molecule has 2 heterocycles. The smallest absolute Gasteiger partial charge is 0.236 e. The van der Waals surface area contributed by atoms with Crippen molar-refractivity contribution in [2.24, 2.45) is 0 Å². The largest absolute Gasteiger partial charge is 0.497 e. The van der Waals surface area contributed by atoms with Crippen molar-refractivity contribution in [3.63, 3.8) is 0 Å². The van der Waals surface area contributed by atoms with Crippen LogP contribution in [0.5, 0.6) is 5.75 Å². The van der Waals surface area contributed by atoms with Gasteiger partial charge < -0.3 is 15.0 Å². The van der Waals surface area contributed by atoms with Gasteiger partial charge in [-0.3, -0.25) is 19.4 Å². The topological polar surface area (TPSA) is 65.1 Å². The zero-order valence-corrected chi connectivity index (χ0v) is 18.3. The van der Waals surface area contributed by atoms with Gasteiger partial charge in [-0.2, -0.15) is 0 Å². The quantitative estimate of drug-likeness (QED) is 0.694. The third-order valence-corrected chi connectivity index (χ3v) is 6.02. The highest BCUT2D eigenvalue weighted by Crippen LogP contribution is 2.13. The maximum absolute atomic E-state index is 12.6. The SMILES string of the molecule is COc1cccc(CCNC(=O)CN2CCN(CC(=O)N3CCCCCC3)CC2)c1. The molecule has 3 rings (SSSR count). The molecule has 1 aromatic rings. The Bertz CT molecular complexity index is 681. The lowest BCUT2D eigenvalue weighted by Crippen LogP contribution is -2.52. The van der Waals surface area contributed by atoms with E-state index in [0.29, 0.717) is 19.6 Å². The fourth-order valence-corrected chi connectivity index (χ4v) is 4.15. The van der Waals surface area contributed by atoms with Crippen molar-refractivity contribution in [1.82, 2.24) is 20.0 Å². The molecule has 30 heavy (non-hydrogen) atoms. The molecule has 0 aromatic heterocycles. The Hall–Kier alpha value is -2.12. The minimum Gasteiger partial charge on any atom is -0.497 e. The maximum Gasteiger partial charge on any atom is 0.236 e. The molecule has 1 aromatic carbocycles. The maximum atomic E-state index is 12.6. The molecule has 1 N–H and O–H groups in total. The fourth-order valence-electron chi connectivity index (χ4n) is 4.15. The average molecular weight is 417 g/mol. The molecule has 0 radical (unpaired) electrons. The van der Waals surface area contributed by atoms with Gasteiger partial charge in [0, 0.05) is 45.8 Å². The van der Waals surface area contributed by atoms with E-state index in [1.165, 1.54) is 12.8 Å². The van der Waals surface area contributed by atoms with Gasteiger partial charge in [0.25, 0.3) is 0 Å². The first-order chi connectivity index (χ1) is 14.6. The summed E-state index contributed by atoms with van der Waals surface area (Å²) in [6.07, 6.45) is 5.53. The zero-order valence-electron chi connectivity index (χ0n) is 18.3. The molecule has 0 atom stereocenters. The average Bonchev–Trinajstić information content (AvgIpc) is 3.05. The Kier molecular flexibility index (Phi) is 8.96. The standard InChI is InChI=1S/C23H36N4O3/c1-30-21-8-6-7-20(17-21)9-10-24-22(28)18-25-13-15-26(16-14-25)19-23(29)27-11-4-2-3-5-12-27/h6-8,17H,2-5,9-16,18-19H2,1H3,(H,24,28). The van der Waals surface area contributed by atoms with Gasteiger partial charge in [-0.25, -0.2) is 0 Å². The van der Waals surface area contributed by atoms with Crippen molar-refractivity contribution in [3.8, 4) is 5.75 Å². The number of nitrogens with zero attached hydrogens (tertiary/aromatic N) is 3. The van der Waals surface area contributed by atoms with Crippen molar-refractivity contribution in [2.45, 2.75) is 32.1 Å². The van der Waals surface area contributed by atoms with Crippen LogP contribution in [0, 0.1) is 0 Å².